The molecule has 1 aliphatic rings. The zero-order valence-electron chi connectivity index (χ0n) is 12.0. The van der Waals surface area contributed by atoms with Crippen LogP contribution in [0.4, 0.5) is 0 Å². The van der Waals surface area contributed by atoms with Gasteiger partial charge in [0.1, 0.15) is 0 Å². The topological polar surface area (TPSA) is 50.4 Å². The lowest BCUT2D eigenvalue weighted by molar-refractivity contribution is -0.125. The Labute approximate surface area is 111 Å². The second-order valence-corrected chi connectivity index (χ2v) is 5.69. The molecule has 4 nitrogen and oxygen atoms in total. The number of carbonyl (C=O) groups is 1. The Hall–Kier alpha value is -0.610. The van der Waals surface area contributed by atoms with E-state index in [1.807, 2.05) is 0 Å². The Morgan fingerprint density at radius 1 is 1.39 bits per heavy atom. The number of rotatable bonds is 7. The number of nitrogens with one attached hydrogen (secondary N) is 2. The van der Waals surface area contributed by atoms with Crippen LogP contribution in [0.5, 0.6) is 0 Å². The van der Waals surface area contributed by atoms with E-state index in [0.717, 1.165) is 25.4 Å². The molecule has 1 amide bonds. The third kappa shape index (κ3) is 6.97. The van der Waals surface area contributed by atoms with Crippen LogP contribution in [0.3, 0.4) is 0 Å². The van der Waals surface area contributed by atoms with Crippen LogP contribution < -0.4 is 10.6 Å². The molecule has 1 fully saturated rings. The number of carbonyl (C=O) groups excluding carboxylic acids is 1. The van der Waals surface area contributed by atoms with E-state index in [2.05, 4.69) is 31.4 Å². The van der Waals surface area contributed by atoms with Crippen molar-refractivity contribution in [2.24, 2.45) is 5.92 Å². The molecule has 106 valence electrons. The highest BCUT2D eigenvalue weighted by atomic mass is 16.5. The van der Waals surface area contributed by atoms with E-state index in [-0.39, 0.29) is 18.1 Å². The average Bonchev–Trinajstić information content (AvgIpc) is 2.29. The van der Waals surface area contributed by atoms with Gasteiger partial charge in [0.15, 0.2) is 0 Å². The van der Waals surface area contributed by atoms with Crippen molar-refractivity contribution in [3.63, 3.8) is 0 Å². The van der Waals surface area contributed by atoms with Crippen LogP contribution in [-0.2, 0) is 9.53 Å². The fourth-order valence-corrected chi connectivity index (χ4v) is 2.20. The Balaban J connectivity index is 2.10. The molecule has 0 aromatic carbocycles. The van der Waals surface area contributed by atoms with Crippen LogP contribution >= 0.6 is 0 Å². The van der Waals surface area contributed by atoms with Gasteiger partial charge in [-0.3, -0.25) is 4.79 Å². The third-order valence-corrected chi connectivity index (χ3v) is 3.24. The highest BCUT2D eigenvalue weighted by Crippen LogP contribution is 2.08. The van der Waals surface area contributed by atoms with Gasteiger partial charge in [-0.1, -0.05) is 26.7 Å². The molecule has 1 aliphatic heterocycles. The molecular formula is C14H28N2O2. The van der Waals surface area contributed by atoms with Gasteiger partial charge in [0.2, 0.25) is 5.91 Å². The fourth-order valence-electron chi connectivity index (χ4n) is 2.20. The molecule has 1 heterocycles. The van der Waals surface area contributed by atoms with Gasteiger partial charge < -0.3 is 15.4 Å². The first kappa shape index (κ1) is 15.4. The first-order chi connectivity index (χ1) is 8.58. The molecule has 0 aliphatic carbocycles. The SMILES string of the molecule is CC(C)CCCC(C)NC(=O)CC1CNCCO1. The van der Waals surface area contributed by atoms with Crippen molar-refractivity contribution in [3.05, 3.63) is 0 Å². The minimum atomic E-state index is 0.0432. The minimum Gasteiger partial charge on any atom is -0.375 e. The highest BCUT2D eigenvalue weighted by molar-refractivity contribution is 5.76. The molecule has 2 atom stereocenters. The van der Waals surface area contributed by atoms with Crippen molar-refractivity contribution < 1.29 is 9.53 Å². The van der Waals surface area contributed by atoms with Crippen molar-refractivity contribution in [2.45, 2.75) is 58.6 Å². The second kappa shape index (κ2) is 8.48. The molecule has 0 aromatic heterocycles. The first-order valence-corrected chi connectivity index (χ1v) is 7.19. The largest absolute Gasteiger partial charge is 0.375 e. The van der Waals surface area contributed by atoms with Gasteiger partial charge in [0, 0.05) is 19.1 Å². The molecule has 0 spiro atoms. The van der Waals surface area contributed by atoms with Gasteiger partial charge in [0.05, 0.1) is 19.1 Å². The molecule has 0 aromatic rings. The molecular weight excluding hydrogens is 228 g/mol. The van der Waals surface area contributed by atoms with E-state index in [1.165, 1.54) is 12.8 Å². The van der Waals surface area contributed by atoms with Gasteiger partial charge in [-0.2, -0.15) is 0 Å². The first-order valence-electron chi connectivity index (χ1n) is 7.19. The van der Waals surface area contributed by atoms with Crippen LogP contribution in [0.2, 0.25) is 0 Å². The Morgan fingerprint density at radius 3 is 2.78 bits per heavy atom. The predicted molar refractivity (Wildman–Crippen MR) is 73.5 cm³/mol. The van der Waals surface area contributed by atoms with Crippen LogP contribution in [0.1, 0.15) is 46.5 Å². The van der Waals surface area contributed by atoms with E-state index in [1.54, 1.807) is 0 Å². The number of morpholine rings is 1. The molecule has 4 heteroatoms. The fraction of sp³-hybridized carbons (Fsp3) is 0.929. The van der Waals surface area contributed by atoms with E-state index in [9.17, 15) is 4.79 Å². The zero-order chi connectivity index (χ0) is 13.4. The van der Waals surface area contributed by atoms with Crippen LogP contribution in [0, 0.1) is 5.92 Å². The van der Waals surface area contributed by atoms with Crippen molar-refractivity contribution in [1.82, 2.24) is 10.6 Å². The maximum absolute atomic E-state index is 11.8. The Bertz CT molecular complexity index is 238. The number of amides is 1. The van der Waals surface area contributed by atoms with Gasteiger partial charge in [-0.05, 0) is 19.3 Å². The van der Waals surface area contributed by atoms with Crippen LogP contribution in [0.15, 0.2) is 0 Å². The van der Waals surface area contributed by atoms with Crippen molar-refractivity contribution in [3.8, 4) is 0 Å². The standard InChI is InChI=1S/C14H28N2O2/c1-11(2)5-4-6-12(3)16-14(17)9-13-10-15-7-8-18-13/h11-13,15H,4-10H2,1-3H3,(H,16,17). The summed E-state index contributed by atoms with van der Waals surface area (Å²) in [5.74, 6) is 0.857. The molecule has 2 N–H and O–H groups in total. The summed E-state index contributed by atoms with van der Waals surface area (Å²) in [4.78, 5) is 11.8. The Kier molecular flexibility index (Phi) is 7.28. The molecule has 1 rings (SSSR count). The maximum Gasteiger partial charge on any atom is 0.222 e. The third-order valence-electron chi connectivity index (χ3n) is 3.24. The smallest absolute Gasteiger partial charge is 0.222 e. The lowest BCUT2D eigenvalue weighted by Crippen LogP contribution is -2.42. The van der Waals surface area contributed by atoms with Crippen molar-refractivity contribution in [1.29, 1.82) is 0 Å². The molecule has 2 unspecified atom stereocenters. The minimum absolute atomic E-state index is 0.0432. The van der Waals surface area contributed by atoms with E-state index >= 15 is 0 Å². The van der Waals surface area contributed by atoms with Crippen LogP contribution in [0.25, 0.3) is 0 Å². The summed E-state index contributed by atoms with van der Waals surface area (Å²) in [6.07, 6.45) is 3.99. The molecule has 18 heavy (non-hydrogen) atoms. The van der Waals surface area contributed by atoms with Gasteiger partial charge >= 0.3 is 0 Å². The quantitative estimate of drug-likeness (QED) is 0.729. The summed E-state index contributed by atoms with van der Waals surface area (Å²) >= 11 is 0. The highest BCUT2D eigenvalue weighted by Gasteiger charge is 2.18. The normalized spacial score (nSPS) is 21.9. The van der Waals surface area contributed by atoms with Crippen LogP contribution in [-0.4, -0.2) is 37.7 Å². The second-order valence-electron chi connectivity index (χ2n) is 5.69. The molecule has 0 saturated carbocycles. The summed E-state index contributed by atoms with van der Waals surface area (Å²) in [6.45, 7) is 8.94. The number of ether oxygens (including phenoxy) is 1. The van der Waals surface area contributed by atoms with Crippen molar-refractivity contribution in [2.75, 3.05) is 19.7 Å². The van der Waals surface area contributed by atoms with E-state index in [0.29, 0.717) is 13.0 Å². The van der Waals surface area contributed by atoms with Gasteiger partial charge in [-0.15, -0.1) is 0 Å². The van der Waals surface area contributed by atoms with Crippen molar-refractivity contribution >= 4 is 5.91 Å². The number of hydrogen-bond donors (Lipinski definition) is 2. The van der Waals surface area contributed by atoms with E-state index in [4.69, 9.17) is 4.74 Å². The average molecular weight is 256 g/mol. The van der Waals surface area contributed by atoms with E-state index < -0.39 is 0 Å². The van der Waals surface area contributed by atoms with Gasteiger partial charge in [-0.25, -0.2) is 0 Å². The summed E-state index contributed by atoms with van der Waals surface area (Å²) < 4.78 is 5.52. The predicted octanol–water partition coefficient (Wildman–Crippen LogP) is 1.70. The monoisotopic (exact) mass is 256 g/mol. The molecule has 1 saturated heterocycles. The Morgan fingerprint density at radius 2 is 2.17 bits per heavy atom. The summed E-state index contributed by atoms with van der Waals surface area (Å²) in [7, 11) is 0. The maximum atomic E-state index is 11.8. The lowest BCUT2D eigenvalue weighted by Gasteiger charge is -2.24. The lowest BCUT2D eigenvalue weighted by atomic mass is 10.0. The number of hydrogen-bond acceptors (Lipinski definition) is 3. The summed E-state index contributed by atoms with van der Waals surface area (Å²) in [5.41, 5.74) is 0. The summed E-state index contributed by atoms with van der Waals surface area (Å²) in [6, 6.07) is 0.271. The van der Waals surface area contributed by atoms with Gasteiger partial charge in [0.25, 0.3) is 0 Å². The zero-order valence-corrected chi connectivity index (χ0v) is 12.0. The molecule has 0 radical (unpaired) electrons. The molecule has 0 bridgehead atoms. The summed E-state index contributed by atoms with van der Waals surface area (Å²) in [5, 5.41) is 6.29.